The molecule has 0 atom stereocenters. The number of hydrogen-bond acceptors (Lipinski definition) is 5. The Morgan fingerprint density at radius 3 is 2.31 bits per heavy atom. The Morgan fingerprint density at radius 2 is 1.77 bits per heavy atom. The molecule has 5 rings (SSSR count). The van der Waals surface area contributed by atoms with E-state index in [1.807, 2.05) is 0 Å². The van der Waals surface area contributed by atoms with Crippen molar-refractivity contribution in [1.82, 2.24) is 15.5 Å². The second kappa shape index (κ2) is 5.83. The minimum atomic E-state index is -4.62. The zero-order chi connectivity index (χ0) is 18.6. The largest absolute Gasteiger partial charge is 0.522 e. The van der Waals surface area contributed by atoms with Gasteiger partial charge < -0.3 is 14.8 Å². The summed E-state index contributed by atoms with van der Waals surface area (Å²) in [6.45, 7) is 0. The SMILES string of the molecule is O=C(O)NC12CCC(c3nnc([C@H]4C[C@@H](OC(F)(F)F)C4)o3)(CC1)CC2. The lowest BCUT2D eigenvalue weighted by atomic mass is 9.57. The Morgan fingerprint density at radius 1 is 1.15 bits per heavy atom. The van der Waals surface area contributed by atoms with Crippen LogP contribution in [0.25, 0.3) is 0 Å². The van der Waals surface area contributed by atoms with Crippen molar-refractivity contribution in [3.8, 4) is 0 Å². The Hall–Kier alpha value is -1.84. The summed E-state index contributed by atoms with van der Waals surface area (Å²) < 4.78 is 46.4. The highest BCUT2D eigenvalue weighted by Gasteiger charge is 2.53. The third kappa shape index (κ3) is 3.15. The van der Waals surface area contributed by atoms with Gasteiger partial charge in [0.05, 0.1) is 6.10 Å². The Bertz CT molecular complexity index is 675. The number of nitrogens with zero attached hydrogens (tertiary/aromatic N) is 2. The summed E-state index contributed by atoms with van der Waals surface area (Å²) in [6, 6.07) is 0. The molecule has 7 nitrogen and oxygen atoms in total. The van der Waals surface area contributed by atoms with E-state index in [2.05, 4.69) is 20.3 Å². The first-order valence-electron chi connectivity index (χ1n) is 8.78. The molecule has 10 heteroatoms. The third-order valence-corrected chi connectivity index (χ3v) is 6.26. The van der Waals surface area contributed by atoms with E-state index >= 15 is 0 Å². The highest BCUT2D eigenvalue weighted by atomic mass is 19.4. The van der Waals surface area contributed by atoms with Crippen LogP contribution in [0.15, 0.2) is 4.42 Å². The van der Waals surface area contributed by atoms with Crippen molar-refractivity contribution in [2.45, 2.75) is 80.7 Å². The lowest BCUT2D eigenvalue weighted by Gasteiger charge is -2.51. The van der Waals surface area contributed by atoms with Gasteiger partial charge in [0.15, 0.2) is 0 Å². The van der Waals surface area contributed by atoms with Crippen molar-refractivity contribution >= 4 is 6.09 Å². The zero-order valence-corrected chi connectivity index (χ0v) is 14.0. The number of rotatable bonds is 4. The highest BCUT2D eigenvalue weighted by Crippen LogP contribution is 2.53. The van der Waals surface area contributed by atoms with E-state index in [4.69, 9.17) is 9.52 Å². The van der Waals surface area contributed by atoms with Crippen molar-refractivity contribution < 1.29 is 32.2 Å². The predicted octanol–water partition coefficient (Wildman–Crippen LogP) is 3.46. The molecule has 0 unspecified atom stereocenters. The zero-order valence-electron chi connectivity index (χ0n) is 14.0. The van der Waals surface area contributed by atoms with E-state index in [1.54, 1.807) is 0 Å². The maximum Gasteiger partial charge on any atom is 0.522 e. The monoisotopic (exact) mass is 375 g/mol. The van der Waals surface area contributed by atoms with Crippen molar-refractivity contribution in [2.75, 3.05) is 0 Å². The van der Waals surface area contributed by atoms with Crippen LogP contribution in [0.5, 0.6) is 0 Å². The molecule has 2 N–H and O–H groups in total. The number of carbonyl (C=O) groups is 1. The number of hydrogen-bond donors (Lipinski definition) is 2. The number of carboxylic acid groups (broad SMARTS) is 1. The van der Waals surface area contributed by atoms with Gasteiger partial charge in [0.1, 0.15) is 0 Å². The van der Waals surface area contributed by atoms with Gasteiger partial charge in [-0.3, -0.25) is 4.74 Å². The number of fused-ring (bicyclic) bond motifs is 3. The molecule has 4 fully saturated rings. The molecule has 0 saturated heterocycles. The lowest BCUT2D eigenvalue weighted by molar-refractivity contribution is -0.352. The van der Waals surface area contributed by atoms with E-state index in [0.29, 0.717) is 11.8 Å². The molecular formula is C16H20F3N3O4. The molecule has 1 amide bonds. The molecule has 1 aromatic rings. The molecule has 144 valence electrons. The first-order valence-corrected chi connectivity index (χ1v) is 8.78. The van der Waals surface area contributed by atoms with Gasteiger partial charge >= 0.3 is 12.5 Å². The molecule has 4 aliphatic rings. The molecule has 1 heterocycles. The third-order valence-electron chi connectivity index (χ3n) is 6.26. The Balaban J connectivity index is 1.39. The number of nitrogens with one attached hydrogen (secondary N) is 1. The maximum absolute atomic E-state index is 12.2. The number of aromatic nitrogens is 2. The number of alkyl halides is 3. The molecule has 4 saturated carbocycles. The quantitative estimate of drug-likeness (QED) is 0.836. The normalized spacial score (nSPS) is 36.6. The Kier molecular flexibility index (Phi) is 3.94. The lowest BCUT2D eigenvalue weighted by Crippen LogP contribution is -2.57. The topological polar surface area (TPSA) is 97.5 Å². The number of amides is 1. The summed E-state index contributed by atoms with van der Waals surface area (Å²) in [5.74, 6) is 0.721. The second-order valence-electron chi connectivity index (χ2n) is 7.79. The molecule has 2 bridgehead atoms. The van der Waals surface area contributed by atoms with Crippen LogP contribution in [0.1, 0.15) is 69.1 Å². The van der Waals surface area contributed by atoms with Crippen LogP contribution in [-0.4, -0.2) is 39.4 Å². The first kappa shape index (κ1) is 17.6. The summed E-state index contributed by atoms with van der Waals surface area (Å²) in [6.07, 6.45) is -1.56. The molecule has 4 aliphatic carbocycles. The molecule has 1 aromatic heterocycles. The van der Waals surface area contributed by atoms with Crippen LogP contribution in [0.2, 0.25) is 0 Å². The van der Waals surface area contributed by atoms with Crippen LogP contribution in [0, 0.1) is 0 Å². The van der Waals surface area contributed by atoms with Crippen molar-refractivity contribution in [1.29, 1.82) is 0 Å². The second-order valence-corrected chi connectivity index (χ2v) is 7.79. The van der Waals surface area contributed by atoms with Crippen LogP contribution in [-0.2, 0) is 10.2 Å². The minimum absolute atomic E-state index is 0.194. The van der Waals surface area contributed by atoms with E-state index in [9.17, 15) is 18.0 Å². The van der Waals surface area contributed by atoms with E-state index in [1.165, 1.54) is 0 Å². The Labute approximate surface area is 147 Å². The molecule has 0 aliphatic heterocycles. The standard InChI is InChI=1S/C16H20F3N3O4/c17-16(18,19)26-10-7-9(8-10)11-21-22-12(25-11)14-1-4-15(5-2-14,6-3-14)20-13(23)24/h9-10,20H,1-8H2,(H,23,24)/t9-,10+,14?,15?. The van der Waals surface area contributed by atoms with Gasteiger partial charge in [-0.05, 0) is 51.4 Å². The van der Waals surface area contributed by atoms with E-state index in [0.717, 1.165) is 38.5 Å². The van der Waals surface area contributed by atoms with Gasteiger partial charge in [0.2, 0.25) is 11.8 Å². The van der Waals surface area contributed by atoms with Crippen LogP contribution < -0.4 is 5.32 Å². The van der Waals surface area contributed by atoms with Crippen LogP contribution in [0.3, 0.4) is 0 Å². The van der Waals surface area contributed by atoms with Gasteiger partial charge in [0, 0.05) is 16.9 Å². The van der Waals surface area contributed by atoms with Crippen molar-refractivity contribution in [3.05, 3.63) is 11.8 Å². The summed E-state index contributed by atoms with van der Waals surface area (Å²) in [7, 11) is 0. The minimum Gasteiger partial charge on any atom is -0.465 e. The molecule has 0 radical (unpaired) electrons. The maximum atomic E-state index is 12.2. The van der Waals surface area contributed by atoms with Crippen molar-refractivity contribution in [2.24, 2.45) is 0 Å². The fourth-order valence-corrected chi connectivity index (χ4v) is 4.59. The number of ether oxygens (including phenoxy) is 1. The fourth-order valence-electron chi connectivity index (χ4n) is 4.59. The average molecular weight is 375 g/mol. The van der Waals surface area contributed by atoms with E-state index < -0.39 is 18.6 Å². The van der Waals surface area contributed by atoms with Gasteiger partial charge in [-0.15, -0.1) is 23.4 Å². The summed E-state index contributed by atoms with van der Waals surface area (Å²) in [4.78, 5) is 11.0. The summed E-state index contributed by atoms with van der Waals surface area (Å²) in [5.41, 5.74) is -0.592. The summed E-state index contributed by atoms with van der Waals surface area (Å²) in [5, 5.41) is 19.9. The smallest absolute Gasteiger partial charge is 0.465 e. The van der Waals surface area contributed by atoms with Crippen LogP contribution >= 0.6 is 0 Å². The van der Waals surface area contributed by atoms with Gasteiger partial charge in [-0.2, -0.15) is 0 Å². The van der Waals surface area contributed by atoms with Gasteiger partial charge in [-0.1, -0.05) is 0 Å². The van der Waals surface area contributed by atoms with E-state index in [-0.39, 0.29) is 29.7 Å². The fraction of sp³-hybridized carbons (Fsp3) is 0.812. The van der Waals surface area contributed by atoms with Crippen molar-refractivity contribution in [3.63, 3.8) is 0 Å². The molecule has 0 spiro atoms. The van der Waals surface area contributed by atoms with Gasteiger partial charge in [-0.25, -0.2) is 4.79 Å². The molecule has 26 heavy (non-hydrogen) atoms. The highest BCUT2D eigenvalue weighted by molar-refractivity contribution is 5.65. The predicted molar refractivity (Wildman–Crippen MR) is 80.5 cm³/mol. The molecule has 0 aromatic carbocycles. The number of halogens is 3. The first-order chi connectivity index (χ1) is 12.2. The molecular weight excluding hydrogens is 355 g/mol. The average Bonchev–Trinajstić information content (AvgIpc) is 3.00. The van der Waals surface area contributed by atoms with Gasteiger partial charge in [0.25, 0.3) is 0 Å². The van der Waals surface area contributed by atoms with Crippen LogP contribution in [0.4, 0.5) is 18.0 Å². The summed E-state index contributed by atoms with van der Waals surface area (Å²) >= 11 is 0.